The standard InChI is InChI=1S/C13H21N3O2/c14-12(17)7-16-10-3-4-11(16)6-9(5-10)15-13(18)8-1-2-8/h8-11H,1-7H2,(H2,14,17)(H,15,18)/p+1/t9?,10-,11+. The number of carbonyl (C=O) groups is 2. The van der Waals surface area contributed by atoms with E-state index in [1.807, 2.05) is 0 Å². The van der Waals surface area contributed by atoms with E-state index < -0.39 is 0 Å². The number of piperidine rings is 1. The Balaban J connectivity index is 1.57. The average Bonchev–Trinajstić information content (AvgIpc) is 3.10. The Morgan fingerprint density at radius 1 is 1.11 bits per heavy atom. The van der Waals surface area contributed by atoms with Crippen molar-refractivity contribution in [2.75, 3.05) is 6.54 Å². The molecule has 18 heavy (non-hydrogen) atoms. The monoisotopic (exact) mass is 252 g/mol. The van der Waals surface area contributed by atoms with Crippen LogP contribution in [-0.2, 0) is 9.59 Å². The maximum absolute atomic E-state index is 11.8. The Bertz CT molecular complexity index is 353. The fourth-order valence-electron chi connectivity index (χ4n) is 3.70. The summed E-state index contributed by atoms with van der Waals surface area (Å²) in [5, 5.41) is 3.19. The van der Waals surface area contributed by atoms with Crippen LogP contribution >= 0.6 is 0 Å². The molecule has 0 aromatic heterocycles. The Morgan fingerprint density at radius 2 is 1.72 bits per heavy atom. The highest BCUT2D eigenvalue weighted by atomic mass is 16.2. The molecule has 1 saturated carbocycles. The summed E-state index contributed by atoms with van der Waals surface area (Å²) in [5.41, 5.74) is 5.31. The molecule has 5 nitrogen and oxygen atoms in total. The fourth-order valence-corrected chi connectivity index (χ4v) is 3.70. The molecule has 2 aliphatic heterocycles. The molecule has 0 aromatic rings. The third kappa shape index (κ3) is 2.36. The van der Waals surface area contributed by atoms with Crippen molar-refractivity contribution in [1.82, 2.24) is 5.32 Å². The van der Waals surface area contributed by atoms with Gasteiger partial charge in [-0.05, 0) is 12.8 Å². The first kappa shape index (κ1) is 12.0. The first-order valence-corrected chi connectivity index (χ1v) is 7.07. The molecule has 5 heteroatoms. The molecule has 3 aliphatic rings. The normalized spacial score (nSPS) is 38.4. The summed E-state index contributed by atoms with van der Waals surface area (Å²) in [6.07, 6.45) is 6.48. The summed E-state index contributed by atoms with van der Waals surface area (Å²) < 4.78 is 0. The summed E-state index contributed by atoms with van der Waals surface area (Å²) in [5.74, 6) is 0.332. The van der Waals surface area contributed by atoms with E-state index in [1.165, 1.54) is 17.7 Å². The molecular formula is C13H22N3O2+. The number of primary amides is 1. The SMILES string of the molecule is NC(=O)C[NH+]1[C@@H]2CC[C@H]1CC(NC(=O)C1CC1)C2. The number of nitrogens with one attached hydrogen (secondary N) is 2. The van der Waals surface area contributed by atoms with Crippen LogP contribution in [0.3, 0.4) is 0 Å². The zero-order chi connectivity index (χ0) is 12.7. The Morgan fingerprint density at radius 3 is 2.22 bits per heavy atom. The van der Waals surface area contributed by atoms with Crippen molar-refractivity contribution in [2.24, 2.45) is 11.7 Å². The second kappa shape index (κ2) is 4.53. The predicted octanol–water partition coefficient (Wildman–Crippen LogP) is -1.42. The molecule has 2 heterocycles. The summed E-state index contributed by atoms with van der Waals surface area (Å²) in [6.45, 7) is 0.457. The summed E-state index contributed by atoms with van der Waals surface area (Å²) in [6, 6.07) is 1.36. The number of fused-ring (bicyclic) bond motifs is 2. The van der Waals surface area contributed by atoms with Gasteiger partial charge in [0.15, 0.2) is 6.54 Å². The highest BCUT2D eigenvalue weighted by molar-refractivity contribution is 5.81. The van der Waals surface area contributed by atoms with Crippen molar-refractivity contribution >= 4 is 11.8 Å². The molecular weight excluding hydrogens is 230 g/mol. The van der Waals surface area contributed by atoms with Gasteiger partial charge in [0, 0.05) is 37.6 Å². The van der Waals surface area contributed by atoms with Crippen LogP contribution < -0.4 is 16.0 Å². The van der Waals surface area contributed by atoms with Crippen molar-refractivity contribution in [3.63, 3.8) is 0 Å². The zero-order valence-corrected chi connectivity index (χ0v) is 10.7. The lowest BCUT2D eigenvalue weighted by Gasteiger charge is -2.35. The van der Waals surface area contributed by atoms with E-state index >= 15 is 0 Å². The molecule has 2 unspecified atom stereocenters. The maximum atomic E-state index is 11.8. The molecule has 100 valence electrons. The molecule has 1 aliphatic carbocycles. The van der Waals surface area contributed by atoms with Gasteiger partial charge in [-0.15, -0.1) is 0 Å². The van der Waals surface area contributed by atoms with E-state index in [2.05, 4.69) is 5.32 Å². The molecule has 2 saturated heterocycles. The lowest BCUT2D eigenvalue weighted by Crippen LogP contribution is -3.19. The minimum atomic E-state index is -0.206. The van der Waals surface area contributed by atoms with Crippen molar-refractivity contribution in [2.45, 2.75) is 56.7 Å². The summed E-state index contributed by atoms with van der Waals surface area (Å²) >= 11 is 0. The lowest BCUT2D eigenvalue weighted by atomic mass is 9.97. The van der Waals surface area contributed by atoms with Gasteiger partial charge in [0.05, 0.1) is 12.1 Å². The first-order chi connectivity index (χ1) is 8.63. The Kier molecular flexibility index (Phi) is 3.01. The smallest absolute Gasteiger partial charge is 0.272 e. The zero-order valence-electron chi connectivity index (χ0n) is 10.7. The number of quaternary nitrogens is 1. The first-order valence-electron chi connectivity index (χ1n) is 7.07. The number of carbonyl (C=O) groups excluding carboxylic acids is 2. The minimum absolute atomic E-state index is 0.206. The van der Waals surface area contributed by atoms with Gasteiger partial charge in [0.2, 0.25) is 5.91 Å². The topological polar surface area (TPSA) is 76.6 Å². The van der Waals surface area contributed by atoms with E-state index in [0.29, 0.717) is 30.6 Å². The van der Waals surface area contributed by atoms with Crippen LogP contribution in [0.2, 0.25) is 0 Å². The molecule has 0 radical (unpaired) electrons. The van der Waals surface area contributed by atoms with E-state index in [4.69, 9.17) is 5.73 Å². The maximum Gasteiger partial charge on any atom is 0.272 e. The molecule has 2 bridgehead atoms. The van der Waals surface area contributed by atoms with Crippen molar-refractivity contribution in [3.05, 3.63) is 0 Å². The largest absolute Gasteiger partial charge is 0.365 e. The molecule has 0 spiro atoms. The van der Waals surface area contributed by atoms with Gasteiger partial charge in [-0.25, -0.2) is 0 Å². The van der Waals surface area contributed by atoms with Gasteiger partial charge in [-0.2, -0.15) is 0 Å². The van der Waals surface area contributed by atoms with E-state index in [9.17, 15) is 9.59 Å². The van der Waals surface area contributed by atoms with Crippen LogP contribution in [0.15, 0.2) is 0 Å². The highest BCUT2D eigenvalue weighted by Crippen LogP contribution is 2.30. The Labute approximate surface area is 107 Å². The molecule has 4 atom stereocenters. The second-order valence-corrected chi connectivity index (χ2v) is 6.14. The second-order valence-electron chi connectivity index (χ2n) is 6.14. The van der Waals surface area contributed by atoms with Crippen LogP contribution in [0.4, 0.5) is 0 Å². The summed E-state index contributed by atoms with van der Waals surface area (Å²) in [7, 11) is 0. The van der Waals surface area contributed by atoms with Gasteiger partial charge in [-0.3, -0.25) is 9.59 Å². The van der Waals surface area contributed by atoms with E-state index in [-0.39, 0.29) is 11.8 Å². The minimum Gasteiger partial charge on any atom is -0.365 e. The van der Waals surface area contributed by atoms with Gasteiger partial charge >= 0.3 is 0 Å². The van der Waals surface area contributed by atoms with E-state index in [1.54, 1.807) is 0 Å². The lowest BCUT2D eigenvalue weighted by molar-refractivity contribution is -0.934. The molecule has 0 aromatic carbocycles. The van der Waals surface area contributed by atoms with Crippen LogP contribution in [0.5, 0.6) is 0 Å². The van der Waals surface area contributed by atoms with Gasteiger partial charge in [0.1, 0.15) is 0 Å². The van der Waals surface area contributed by atoms with Gasteiger partial charge in [-0.1, -0.05) is 0 Å². The van der Waals surface area contributed by atoms with Crippen molar-refractivity contribution < 1.29 is 14.5 Å². The molecule has 3 rings (SSSR count). The average molecular weight is 252 g/mol. The highest BCUT2D eigenvalue weighted by Gasteiger charge is 2.45. The van der Waals surface area contributed by atoms with Crippen LogP contribution in [0.1, 0.15) is 38.5 Å². The molecule has 2 amide bonds. The molecule has 4 N–H and O–H groups in total. The number of rotatable bonds is 4. The number of amides is 2. The molecule has 3 fully saturated rings. The number of hydrogen-bond donors (Lipinski definition) is 3. The quantitative estimate of drug-likeness (QED) is 0.574. The summed E-state index contributed by atoms with van der Waals surface area (Å²) in [4.78, 5) is 24.2. The van der Waals surface area contributed by atoms with Crippen molar-refractivity contribution in [3.8, 4) is 0 Å². The Hall–Kier alpha value is -1.10. The van der Waals surface area contributed by atoms with E-state index in [0.717, 1.165) is 25.7 Å². The number of nitrogens with two attached hydrogens (primary N) is 1. The van der Waals surface area contributed by atoms with Crippen LogP contribution in [0.25, 0.3) is 0 Å². The van der Waals surface area contributed by atoms with Crippen LogP contribution in [0, 0.1) is 5.92 Å². The van der Waals surface area contributed by atoms with Gasteiger partial charge in [0.25, 0.3) is 5.91 Å². The van der Waals surface area contributed by atoms with Gasteiger partial charge < -0.3 is 16.0 Å². The third-order valence-corrected chi connectivity index (χ3v) is 4.72. The van der Waals surface area contributed by atoms with Crippen molar-refractivity contribution in [1.29, 1.82) is 0 Å². The predicted molar refractivity (Wildman–Crippen MR) is 65.7 cm³/mol. The third-order valence-electron chi connectivity index (χ3n) is 4.72. The number of hydrogen-bond acceptors (Lipinski definition) is 2. The van der Waals surface area contributed by atoms with Crippen LogP contribution in [-0.4, -0.2) is 36.5 Å². The fraction of sp³-hybridized carbons (Fsp3) is 0.846.